The smallest absolute Gasteiger partial charge is 0.277 e. The number of aromatic nitrogens is 1. The fourth-order valence-electron chi connectivity index (χ4n) is 3.70. The van der Waals surface area contributed by atoms with Gasteiger partial charge in [-0.3, -0.25) is 9.10 Å². The molecular formula is C19H18F3N5O3S. The standard InChI is InChI=1S/C19H18F3N5O3S/c1-27-18(23)26-19(9-30-5-4-15(19)31(27)29)12-7-11(2-3-13(12)21)25-17(28)16-14(22)6-10(20)8-24-16/h2-3,6-8,15H,4-5,9H2,1H3,(H2,23,26)(H,25,28). The van der Waals surface area contributed by atoms with Crippen LogP contribution in [0.1, 0.15) is 22.5 Å². The van der Waals surface area contributed by atoms with Crippen molar-refractivity contribution < 1.29 is 26.9 Å². The number of hydrogen-bond acceptors (Lipinski definition) is 6. The molecule has 31 heavy (non-hydrogen) atoms. The Balaban J connectivity index is 1.74. The third kappa shape index (κ3) is 3.65. The van der Waals surface area contributed by atoms with Crippen LogP contribution < -0.4 is 11.1 Å². The molecule has 0 saturated carbocycles. The summed E-state index contributed by atoms with van der Waals surface area (Å²) in [7, 11) is -0.0503. The molecule has 2 aromatic rings. The number of anilines is 1. The number of nitrogens with two attached hydrogens (primary N) is 1. The molecule has 4 rings (SSSR count). The first-order valence-electron chi connectivity index (χ1n) is 9.23. The zero-order valence-corrected chi connectivity index (χ0v) is 17.1. The summed E-state index contributed by atoms with van der Waals surface area (Å²) in [5, 5.41) is 1.81. The van der Waals surface area contributed by atoms with E-state index in [4.69, 9.17) is 10.5 Å². The van der Waals surface area contributed by atoms with Crippen LogP contribution in [-0.2, 0) is 21.3 Å². The number of pyridine rings is 1. The second-order valence-electron chi connectivity index (χ2n) is 7.13. The van der Waals surface area contributed by atoms with E-state index in [0.29, 0.717) is 25.3 Å². The Labute approximate surface area is 177 Å². The fraction of sp³-hybridized carbons (Fsp3) is 0.316. The van der Waals surface area contributed by atoms with Crippen molar-refractivity contribution in [2.24, 2.45) is 10.7 Å². The predicted octanol–water partition coefficient (Wildman–Crippen LogP) is 1.66. The third-order valence-electron chi connectivity index (χ3n) is 5.24. The average molecular weight is 453 g/mol. The average Bonchev–Trinajstić information content (AvgIpc) is 2.73. The van der Waals surface area contributed by atoms with Crippen molar-refractivity contribution >= 4 is 28.5 Å². The summed E-state index contributed by atoms with van der Waals surface area (Å²) in [5.41, 5.74) is 4.10. The Morgan fingerprint density at radius 2 is 2.10 bits per heavy atom. The summed E-state index contributed by atoms with van der Waals surface area (Å²) in [6, 6.07) is 4.22. The van der Waals surface area contributed by atoms with E-state index in [1.54, 1.807) is 0 Å². The topological polar surface area (TPSA) is 110 Å². The number of fused-ring (bicyclic) bond motifs is 1. The normalized spacial score (nSPS) is 25.5. The number of guanidine groups is 1. The van der Waals surface area contributed by atoms with E-state index in [9.17, 15) is 22.2 Å². The van der Waals surface area contributed by atoms with Crippen LogP contribution >= 0.6 is 0 Å². The molecule has 1 aromatic carbocycles. The van der Waals surface area contributed by atoms with Gasteiger partial charge in [-0.15, -0.1) is 0 Å². The second-order valence-corrected chi connectivity index (χ2v) is 8.80. The minimum Gasteiger partial charge on any atom is -0.378 e. The van der Waals surface area contributed by atoms with Crippen LogP contribution in [0.4, 0.5) is 18.9 Å². The monoisotopic (exact) mass is 453 g/mol. The molecule has 0 spiro atoms. The molecule has 1 aromatic heterocycles. The lowest BCUT2D eigenvalue weighted by Crippen LogP contribution is -2.58. The Bertz CT molecular complexity index is 1120. The van der Waals surface area contributed by atoms with Crippen LogP contribution in [-0.4, -0.2) is 50.9 Å². The molecule has 3 N–H and O–H groups in total. The Kier molecular flexibility index (Phi) is 5.43. The van der Waals surface area contributed by atoms with Crippen LogP contribution in [0.5, 0.6) is 0 Å². The van der Waals surface area contributed by atoms with Gasteiger partial charge in [-0.05, 0) is 24.6 Å². The van der Waals surface area contributed by atoms with E-state index < -0.39 is 50.8 Å². The first-order valence-corrected chi connectivity index (χ1v) is 10.4. The van der Waals surface area contributed by atoms with Gasteiger partial charge >= 0.3 is 0 Å². The zero-order chi connectivity index (χ0) is 22.3. The molecule has 2 aliphatic heterocycles. The summed E-state index contributed by atoms with van der Waals surface area (Å²) >= 11 is 0. The molecule has 3 atom stereocenters. The van der Waals surface area contributed by atoms with E-state index in [1.807, 2.05) is 0 Å². The van der Waals surface area contributed by atoms with Crippen LogP contribution in [0.25, 0.3) is 0 Å². The lowest BCUT2D eigenvalue weighted by Gasteiger charge is -2.45. The van der Waals surface area contributed by atoms with Gasteiger partial charge in [0.05, 0.1) is 18.1 Å². The summed E-state index contributed by atoms with van der Waals surface area (Å²) < 4.78 is 61.6. The van der Waals surface area contributed by atoms with Crippen molar-refractivity contribution in [3.05, 3.63) is 59.2 Å². The lowest BCUT2D eigenvalue weighted by molar-refractivity contribution is 0.0375. The maximum Gasteiger partial charge on any atom is 0.277 e. The number of nitrogens with zero attached hydrogens (tertiary/aromatic N) is 3. The first kappa shape index (κ1) is 21.2. The van der Waals surface area contributed by atoms with Gasteiger partial charge in [-0.1, -0.05) is 0 Å². The summed E-state index contributed by atoms with van der Waals surface area (Å²) in [4.78, 5) is 20.3. The molecule has 8 nitrogen and oxygen atoms in total. The quantitative estimate of drug-likeness (QED) is 0.735. The van der Waals surface area contributed by atoms with Gasteiger partial charge in [0.15, 0.2) is 11.5 Å². The molecule has 0 bridgehead atoms. The van der Waals surface area contributed by atoms with Gasteiger partial charge in [-0.25, -0.2) is 27.4 Å². The van der Waals surface area contributed by atoms with Gasteiger partial charge in [0.1, 0.15) is 28.2 Å². The van der Waals surface area contributed by atoms with E-state index >= 15 is 0 Å². The number of rotatable bonds is 3. The van der Waals surface area contributed by atoms with E-state index in [1.165, 1.54) is 23.5 Å². The minimum absolute atomic E-state index is 0.0342. The van der Waals surface area contributed by atoms with E-state index in [-0.39, 0.29) is 23.8 Å². The number of benzene rings is 1. The van der Waals surface area contributed by atoms with Gasteiger partial charge in [-0.2, -0.15) is 0 Å². The second kappa shape index (κ2) is 7.93. The van der Waals surface area contributed by atoms with Crippen LogP contribution in [0.15, 0.2) is 35.5 Å². The number of amides is 1. The van der Waals surface area contributed by atoms with Crippen molar-refractivity contribution in [1.29, 1.82) is 0 Å². The highest BCUT2D eigenvalue weighted by Crippen LogP contribution is 2.42. The van der Waals surface area contributed by atoms with Crippen molar-refractivity contribution in [1.82, 2.24) is 9.29 Å². The molecule has 1 fully saturated rings. The molecule has 1 saturated heterocycles. The van der Waals surface area contributed by atoms with E-state index in [0.717, 1.165) is 6.07 Å². The maximum atomic E-state index is 14.9. The number of nitrogens with one attached hydrogen (secondary N) is 1. The van der Waals surface area contributed by atoms with Gasteiger partial charge < -0.3 is 15.8 Å². The van der Waals surface area contributed by atoms with Crippen molar-refractivity contribution in [2.45, 2.75) is 17.2 Å². The van der Waals surface area contributed by atoms with Crippen LogP contribution in [0.2, 0.25) is 0 Å². The third-order valence-corrected chi connectivity index (χ3v) is 7.08. The number of carbonyl (C=O) groups excluding carboxylic acids is 1. The Morgan fingerprint density at radius 1 is 1.32 bits per heavy atom. The molecule has 0 aliphatic carbocycles. The van der Waals surface area contributed by atoms with E-state index in [2.05, 4.69) is 15.3 Å². The van der Waals surface area contributed by atoms with Crippen molar-refractivity contribution in [2.75, 3.05) is 25.6 Å². The van der Waals surface area contributed by atoms with Crippen LogP contribution in [0, 0.1) is 17.5 Å². The first-order chi connectivity index (χ1) is 14.7. The van der Waals surface area contributed by atoms with Crippen LogP contribution in [0.3, 0.4) is 0 Å². The van der Waals surface area contributed by atoms with Gasteiger partial charge in [0.25, 0.3) is 5.91 Å². The Morgan fingerprint density at radius 3 is 2.84 bits per heavy atom. The van der Waals surface area contributed by atoms with Gasteiger partial charge in [0, 0.05) is 31.0 Å². The maximum absolute atomic E-state index is 14.9. The number of ether oxygens (including phenoxy) is 1. The molecule has 3 unspecified atom stereocenters. The SMILES string of the molecule is CN1C(N)=NC2(c3cc(NC(=O)c4ncc(F)cc4F)ccc3F)COCCC2S1=O. The molecule has 2 aliphatic rings. The fourth-order valence-corrected chi connectivity index (χ4v) is 5.18. The zero-order valence-electron chi connectivity index (χ0n) is 16.3. The van der Waals surface area contributed by atoms with Crippen molar-refractivity contribution in [3.63, 3.8) is 0 Å². The lowest BCUT2D eigenvalue weighted by atomic mass is 9.84. The largest absolute Gasteiger partial charge is 0.378 e. The molecule has 0 radical (unpaired) electrons. The molecular weight excluding hydrogens is 435 g/mol. The number of halogens is 3. The minimum atomic E-state index is -1.58. The number of aliphatic imine (C=N–C) groups is 1. The summed E-state index contributed by atoms with van der Waals surface area (Å²) in [6.07, 6.45) is 1.07. The highest BCUT2D eigenvalue weighted by atomic mass is 32.2. The molecule has 12 heteroatoms. The number of carbonyl (C=O) groups is 1. The van der Waals surface area contributed by atoms with Gasteiger partial charge in [0.2, 0.25) is 5.96 Å². The molecule has 3 heterocycles. The molecule has 164 valence electrons. The summed E-state index contributed by atoms with van der Waals surface area (Å²) in [5.74, 6) is -3.70. The Hall–Kier alpha value is -2.99. The number of hydrogen-bond donors (Lipinski definition) is 2. The van der Waals surface area contributed by atoms with Crippen molar-refractivity contribution in [3.8, 4) is 0 Å². The highest BCUT2D eigenvalue weighted by Gasteiger charge is 2.52. The summed E-state index contributed by atoms with van der Waals surface area (Å²) in [6.45, 7) is 0.273. The molecule has 1 amide bonds. The predicted molar refractivity (Wildman–Crippen MR) is 107 cm³/mol. The highest BCUT2D eigenvalue weighted by molar-refractivity contribution is 7.84.